The molecule has 3 heterocycles. The monoisotopic (exact) mass is 342 g/mol. The summed E-state index contributed by atoms with van der Waals surface area (Å²) in [6.07, 6.45) is 7.17. The number of pyridine rings is 1. The van der Waals surface area contributed by atoms with Gasteiger partial charge in [0.05, 0.1) is 37.8 Å². The second-order valence-corrected chi connectivity index (χ2v) is 6.34. The van der Waals surface area contributed by atoms with Crippen molar-refractivity contribution < 1.29 is 9.84 Å². The van der Waals surface area contributed by atoms with Crippen molar-refractivity contribution in [2.75, 3.05) is 29.3 Å². The summed E-state index contributed by atoms with van der Waals surface area (Å²) in [6.45, 7) is 0.644. The molecule has 4 rings (SSSR count). The molecule has 8 heteroatoms. The Labute approximate surface area is 146 Å². The number of rotatable bonds is 4. The minimum atomic E-state index is -0.314. The molecule has 2 aliphatic rings. The molecule has 0 radical (unpaired) electrons. The van der Waals surface area contributed by atoms with Crippen LogP contribution in [0.3, 0.4) is 0 Å². The standard InChI is InChI=1S/C17H22N6O2/c1-25-16-11(5-4-8-18-16)21-17-19-9-12-15(22-17)23(10-20-12)13-6-2-3-7-14(13)24/h4-5,8-9,13-14,20,24H,2-3,6-7,10H2,1H3,(H,19,21,22)/t13-,14+/m0/s1. The van der Waals surface area contributed by atoms with Crippen LogP contribution >= 0.6 is 0 Å². The third-order valence-corrected chi connectivity index (χ3v) is 4.79. The molecule has 1 fully saturated rings. The van der Waals surface area contributed by atoms with Gasteiger partial charge in [0, 0.05) is 6.20 Å². The summed E-state index contributed by atoms with van der Waals surface area (Å²) in [4.78, 5) is 15.3. The number of anilines is 4. The van der Waals surface area contributed by atoms with Crippen molar-refractivity contribution in [3.05, 3.63) is 24.5 Å². The van der Waals surface area contributed by atoms with Crippen LogP contribution in [0.5, 0.6) is 5.88 Å². The van der Waals surface area contributed by atoms with E-state index < -0.39 is 0 Å². The van der Waals surface area contributed by atoms with Crippen LogP contribution in [0.4, 0.5) is 23.1 Å². The fourth-order valence-electron chi connectivity index (χ4n) is 3.52. The van der Waals surface area contributed by atoms with Crippen molar-refractivity contribution in [2.45, 2.75) is 37.8 Å². The summed E-state index contributed by atoms with van der Waals surface area (Å²) in [6, 6.07) is 3.78. The van der Waals surface area contributed by atoms with Crippen molar-refractivity contribution >= 4 is 23.1 Å². The summed E-state index contributed by atoms with van der Waals surface area (Å²) in [7, 11) is 1.58. The summed E-state index contributed by atoms with van der Waals surface area (Å²) in [5.74, 6) is 1.79. The quantitative estimate of drug-likeness (QED) is 0.778. The molecule has 2 aromatic heterocycles. The van der Waals surface area contributed by atoms with Gasteiger partial charge in [0.15, 0.2) is 5.82 Å². The first kappa shape index (κ1) is 15.9. The van der Waals surface area contributed by atoms with Gasteiger partial charge in [-0.25, -0.2) is 9.97 Å². The lowest BCUT2D eigenvalue weighted by atomic mass is 9.91. The lowest BCUT2D eigenvalue weighted by molar-refractivity contribution is 0.105. The highest BCUT2D eigenvalue weighted by Gasteiger charge is 2.34. The first-order chi connectivity index (χ1) is 12.3. The molecule has 2 aromatic rings. The zero-order chi connectivity index (χ0) is 17.2. The number of nitrogens with zero attached hydrogens (tertiary/aromatic N) is 4. The Hall–Kier alpha value is -2.61. The van der Waals surface area contributed by atoms with Crippen molar-refractivity contribution in [1.29, 1.82) is 0 Å². The molecule has 0 bridgehead atoms. The van der Waals surface area contributed by atoms with Crippen molar-refractivity contribution in [1.82, 2.24) is 15.0 Å². The lowest BCUT2D eigenvalue weighted by Gasteiger charge is -2.35. The number of aliphatic hydroxyl groups excluding tert-OH is 1. The van der Waals surface area contributed by atoms with E-state index in [0.717, 1.165) is 37.2 Å². The molecule has 0 aromatic carbocycles. The van der Waals surface area contributed by atoms with Gasteiger partial charge in [0.2, 0.25) is 11.8 Å². The average Bonchev–Trinajstić information content (AvgIpc) is 3.06. The molecule has 0 spiro atoms. The molecule has 3 N–H and O–H groups in total. The molecule has 1 saturated carbocycles. The van der Waals surface area contributed by atoms with E-state index in [0.29, 0.717) is 24.2 Å². The highest BCUT2D eigenvalue weighted by atomic mass is 16.5. The normalized spacial score (nSPS) is 22.2. The van der Waals surface area contributed by atoms with Crippen LogP contribution in [0.1, 0.15) is 25.7 Å². The number of methoxy groups -OCH3 is 1. The largest absolute Gasteiger partial charge is 0.480 e. The summed E-state index contributed by atoms with van der Waals surface area (Å²) < 4.78 is 5.26. The van der Waals surface area contributed by atoms with Gasteiger partial charge in [-0.05, 0) is 25.0 Å². The van der Waals surface area contributed by atoms with Gasteiger partial charge in [-0.1, -0.05) is 12.8 Å². The molecular formula is C17H22N6O2. The Morgan fingerprint density at radius 1 is 1.32 bits per heavy atom. The maximum atomic E-state index is 10.4. The number of ether oxygens (including phenoxy) is 1. The maximum Gasteiger partial charge on any atom is 0.237 e. The van der Waals surface area contributed by atoms with E-state index in [9.17, 15) is 5.11 Å². The fourth-order valence-corrected chi connectivity index (χ4v) is 3.52. The van der Waals surface area contributed by atoms with E-state index >= 15 is 0 Å². The molecule has 132 valence electrons. The van der Waals surface area contributed by atoms with Gasteiger partial charge in [0.25, 0.3) is 0 Å². The van der Waals surface area contributed by atoms with Gasteiger partial charge in [-0.3, -0.25) is 0 Å². The predicted molar refractivity (Wildman–Crippen MR) is 95.3 cm³/mol. The second kappa shape index (κ2) is 6.72. The van der Waals surface area contributed by atoms with Crippen LogP contribution < -0.4 is 20.3 Å². The van der Waals surface area contributed by atoms with Crippen molar-refractivity contribution in [3.63, 3.8) is 0 Å². The second-order valence-electron chi connectivity index (χ2n) is 6.34. The van der Waals surface area contributed by atoms with Gasteiger partial charge in [-0.2, -0.15) is 4.98 Å². The Kier molecular flexibility index (Phi) is 4.27. The topological polar surface area (TPSA) is 95.4 Å². The van der Waals surface area contributed by atoms with Gasteiger partial charge >= 0.3 is 0 Å². The molecule has 1 aliphatic carbocycles. The van der Waals surface area contributed by atoms with E-state index in [2.05, 4.69) is 30.5 Å². The lowest BCUT2D eigenvalue weighted by Crippen LogP contribution is -2.45. The van der Waals surface area contributed by atoms with E-state index in [1.165, 1.54) is 0 Å². The predicted octanol–water partition coefficient (Wildman–Crippen LogP) is 2.12. The van der Waals surface area contributed by atoms with Crippen LogP contribution in [-0.4, -0.2) is 46.0 Å². The molecule has 0 amide bonds. The van der Waals surface area contributed by atoms with Crippen molar-refractivity contribution in [3.8, 4) is 5.88 Å². The zero-order valence-corrected chi connectivity index (χ0v) is 14.1. The van der Waals surface area contributed by atoms with Crippen LogP contribution in [0.25, 0.3) is 0 Å². The van der Waals surface area contributed by atoms with Crippen LogP contribution in [-0.2, 0) is 0 Å². The SMILES string of the molecule is COc1ncccc1Nc1ncc2c(n1)N([C@H]1CCCC[C@H]1O)CN2. The third kappa shape index (κ3) is 3.05. The van der Waals surface area contributed by atoms with E-state index in [-0.39, 0.29) is 12.1 Å². The highest BCUT2D eigenvalue weighted by Crippen LogP contribution is 2.35. The van der Waals surface area contributed by atoms with Gasteiger partial charge < -0.3 is 25.4 Å². The number of hydrogen-bond donors (Lipinski definition) is 3. The van der Waals surface area contributed by atoms with Crippen molar-refractivity contribution in [2.24, 2.45) is 0 Å². The Morgan fingerprint density at radius 2 is 2.20 bits per heavy atom. The summed E-state index contributed by atoms with van der Waals surface area (Å²) in [5.41, 5.74) is 1.60. The van der Waals surface area contributed by atoms with Crippen LogP contribution in [0.2, 0.25) is 0 Å². The number of nitrogens with one attached hydrogen (secondary N) is 2. The van der Waals surface area contributed by atoms with Crippen LogP contribution in [0, 0.1) is 0 Å². The van der Waals surface area contributed by atoms with Crippen LogP contribution in [0.15, 0.2) is 24.5 Å². The molecular weight excluding hydrogens is 320 g/mol. The molecule has 25 heavy (non-hydrogen) atoms. The smallest absolute Gasteiger partial charge is 0.237 e. The Balaban J connectivity index is 1.60. The number of aromatic nitrogens is 3. The fraction of sp³-hybridized carbons (Fsp3) is 0.471. The number of hydrogen-bond acceptors (Lipinski definition) is 8. The van der Waals surface area contributed by atoms with E-state index in [1.807, 2.05) is 12.1 Å². The number of fused-ring (bicyclic) bond motifs is 1. The van der Waals surface area contributed by atoms with E-state index in [1.54, 1.807) is 19.5 Å². The zero-order valence-electron chi connectivity index (χ0n) is 14.1. The third-order valence-electron chi connectivity index (χ3n) is 4.79. The minimum absolute atomic E-state index is 0.0955. The summed E-state index contributed by atoms with van der Waals surface area (Å²) >= 11 is 0. The minimum Gasteiger partial charge on any atom is -0.480 e. The Morgan fingerprint density at radius 3 is 3.04 bits per heavy atom. The highest BCUT2D eigenvalue weighted by molar-refractivity contribution is 5.72. The summed E-state index contributed by atoms with van der Waals surface area (Å²) in [5, 5.41) is 16.8. The van der Waals surface area contributed by atoms with E-state index in [4.69, 9.17) is 4.74 Å². The molecule has 1 aliphatic heterocycles. The molecule has 0 saturated heterocycles. The first-order valence-corrected chi connectivity index (χ1v) is 8.58. The molecule has 0 unspecified atom stereocenters. The Bertz CT molecular complexity index is 756. The molecule has 8 nitrogen and oxygen atoms in total. The van der Waals surface area contributed by atoms with Gasteiger partial charge in [-0.15, -0.1) is 0 Å². The average molecular weight is 342 g/mol. The first-order valence-electron chi connectivity index (χ1n) is 8.58. The maximum absolute atomic E-state index is 10.4. The number of aliphatic hydroxyl groups is 1. The van der Waals surface area contributed by atoms with Gasteiger partial charge in [0.1, 0.15) is 5.69 Å². The molecule has 2 atom stereocenters.